The van der Waals surface area contributed by atoms with Crippen molar-refractivity contribution in [3.63, 3.8) is 0 Å². The molecule has 2 aromatic carbocycles. The average molecular weight is 475 g/mol. The Bertz CT molecular complexity index is 1180. The van der Waals surface area contributed by atoms with Gasteiger partial charge in [-0.1, -0.05) is 35.9 Å². The van der Waals surface area contributed by atoms with E-state index < -0.39 is 23.4 Å². The van der Waals surface area contributed by atoms with E-state index in [0.717, 1.165) is 6.07 Å². The van der Waals surface area contributed by atoms with Crippen LogP contribution in [0.25, 0.3) is 0 Å². The van der Waals surface area contributed by atoms with Crippen molar-refractivity contribution in [2.75, 3.05) is 0 Å². The van der Waals surface area contributed by atoms with Gasteiger partial charge in [0, 0.05) is 35.7 Å². The number of fused-ring (bicyclic) bond motifs is 1. The molecule has 1 atom stereocenters. The second-order valence-electron chi connectivity index (χ2n) is 8.33. The summed E-state index contributed by atoms with van der Waals surface area (Å²) in [6, 6.07) is 8.17. The summed E-state index contributed by atoms with van der Waals surface area (Å²) in [6.45, 7) is 1.46. The number of carbonyl (C=O) groups is 4. The van der Waals surface area contributed by atoms with Gasteiger partial charge in [0.1, 0.15) is 5.78 Å². The Labute approximate surface area is 193 Å². The molecule has 2 aliphatic rings. The summed E-state index contributed by atoms with van der Waals surface area (Å²) in [5.41, 5.74) is 1.29. The second-order valence-corrected chi connectivity index (χ2v) is 8.74. The normalized spacial score (nSPS) is 18.5. The van der Waals surface area contributed by atoms with Crippen LogP contribution in [0.3, 0.4) is 0 Å². The molecular formula is C24H21ClF2N2O4. The van der Waals surface area contributed by atoms with Crippen molar-refractivity contribution in [3.05, 3.63) is 69.2 Å². The molecule has 1 saturated carbocycles. The zero-order chi connectivity index (χ0) is 23.9. The molecule has 1 aliphatic heterocycles. The molecule has 6 nitrogen and oxygen atoms in total. The summed E-state index contributed by atoms with van der Waals surface area (Å²) in [5.74, 6) is -5.90. The fraction of sp³-hybridized carbons (Fsp3) is 0.333. The smallest absolute Gasteiger partial charge is 0.346 e. The van der Waals surface area contributed by atoms with Gasteiger partial charge in [-0.25, -0.2) is 0 Å². The van der Waals surface area contributed by atoms with Crippen molar-refractivity contribution in [2.45, 2.75) is 51.2 Å². The zero-order valence-electron chi connectivity index (χ0n) is 17.8. The van der Waals surface area contributed by atoms with E-state index >= 15 is 0 Å². The van der Waals surface area contributed by atoms with Gasteiger partial charge in [-0.3, -0.25) is 19.2 Å². The number of hydrogen-bond acceptors (Lipinski definition) is 4. The van der Waals surface area contributed by atoms with Gasteiger partial charge >= 0.3 is 5.92 Å². The maximum Gasteiger partial charge on any atom is 0.350 e. The Kier molecular flexibility index (Phi) is 6.05. The third kappa shape index (κ3) is 4.27. The average Bonchev–Trinajstić information content (AvgIpc) is 3.09. The number of nitrogens with zero attached hydrogens (tertiary/aromatic N) is 1. The molecule has 0 aromatic heterocycles. The monoisotopic (exact) mass is 474 g/mol. The first kappa shape index (κ1) is 23.0. The largest absolute Gasteiger partial charge is 0.350 e. The van der Waals surface area contributed by atoms with E-state index in [0.29, 0.717) is 23.1 Å². The molecule has 0 spiro atoms. The summed E-state index contributed by atoms with van der Waals surface area (Å²) in [4.78, 5) is 50.2. The number of alkyl halides is 2. The molecule has 1 N–H and O–H groups in total. The van der Waals surface area contributed by atoms with Crippen molar-refractivity contribution >= 4 is 35.0 Å². The van der Waals surface area contributed by atoms with Crippen molar-refractivity contribution < 1.29 is 28.0 Å². The number of ketones is 2. The Morgan fingerprint density at radius 3 is 2.70 bits per heavy atom. The fourth-order valence-electron chi connectivity index (χ4n) is 4.31. The molecule has 2 amide bonds. The first-order valence-corrected chi connectivity index (χ1v) is 10.9. The number of amides is 2. The molecule has 1 aliphatic carbocycles. The van der Waals surface area contributed by atoms with Crippen LogP contribution in [0.2, 0.25) is 5.02 Å². The molecule has 0 radical (unpaired) electrons. The predicted octanol–water partition coefficient (Wildman–Crippen LogP) is 3.70. The van der Waals surface area contributed by atoms with Crippen molar-refractivity contribution in [1.82, 2.24) is 10.2 Å². The van der Waals surface area contributed by atoms with Gasteiger partial charge in [0.2, 0.25) is 0 Å². The van der Waals surface area contributed by atoms with Gasteiger partial charge < -0.3 is 10.2 Å². The molecule has 1 unspecified atom stereocenters. The molecule has 1 fully saturated rings. The third-order valence-corrected chi connectivity index (χ3v) is 6.57. The van der Waals surface area contributed by atoms with Crippen LogP contribution in [0.1, 0.15) is 51.9 Å². The highest BCUT2D eigenvalue weighted by Crippen LogP contribution is 2.34. The van der Waals surface area contributed by atoms with Gasteiger partial charge in [0.05, 0.1) is 12.5 Å². The number of rotatable bonds is 5. The highest BCUT2D eigenvalue weighted by atomic mass is 35.5. The van der Waals surface area contributed by atoms with E-state index in [1.54, 1.807) is 18.2 Å². The number of Topliss-reactive ketones (excluding diaryl/α,β-unsaturated/α-hetero) is 2. The molecular weight excluding hydrogens is 454 g/mol. The van der Waals surface area contributed by atoms with E-state index in [2.05, 4.69) is 5.32 Å². The Morgan fingerprint density at radius 2 is 1.97 bits per heavy atom. The van der Waals surface area contributed by atoms with Gasteiger partial charge in [0.25, 0.3) is 11.8 Å². The van der Waals surface area contributed by atoms with Crippen molar-refractivity contribution in [1.29, 1.82) is 0 Å². The lowest BCUT2D eigenvalue weighted by atomic mass is 9.92. The number of nitrogens with one attached hydrogen (secondary N) is 1. The number of benzene rings is 2. The van der Waals surface area contributed by atoms with Gasteiger partial charge in [-0.2, -0.15) is 8.78 Å². The van der Waals surface area contributed by atoms with Crippen LogP contribution in [-0.2, 0) is 33.4 Å². The molecule has 172 valence electrons. The van der Waals surface area contributed by atoms with Crippen LogP contribution in [-0.4, -0.2) is 34.3 Å². The van der Waals surface area contributed by atoms with Crippen LogP contribution in [0.5, 0.6) is 0 Å². The Morgan fingerprint density at radius 1 is 1.21 bits per heavy atom. The maximum absolute atomic E-state index is 14.7. The number of carbonyl (C=O) groups excluding carboxylic acids is 4. The minimum Gasteiger partial charge on any atom is -0.346 e. The molecule has 2 aromatic rings. The van der Waals surface area contributed by atoms with E-state index in [1.165, 1.54) is 24.0 Å². The Hall–Kier alpha value is -3.13. The molecule has 1 heterocycles. The number of halogens is 3. The van der Waals surface area contributed by atoms with Crippen LogP contribution >= 0.6 is 11.6 Å². The molecule has 0 saturated heterocycles. The van der Waals surface area contributed by atoms with Crippen LogP contribution in [0.15, 0.2) is 36.4 Å². The quantitative estimate of drug-likeness (QED) is 0.670. The van der Waals surface area contributed by atoms with E-state index in [1.807, 2.05) is 0 Å². The minimum atomic E-state index is -3.77. The van der Waals surface area contributed by atoms with Crippen LogP contribution in [0.4, 0.5) is 8.78 Å². The number of hydrogen-bond donors (Lipinski definition) is 1. The first-order valence-electron chi connectivity index (χ1n) is 10.5. The minimum absolute atomic E-state index is 0.122. The second kappa shape index (κ2) is 8.67. The lowest BCUT2D eigenvalue weighted by Crippen LogP contribution is -2.44. The summed E-state index contributed by atoms with van der Waals surface area (Å²) in [7, 11) is 0. The van der Waals surface area contributed by atoms with Crippen LogP contribution < -0.4 is 5.32 Å². The van der Waals surface area contributed by atoms with E-state index in [9.17, 15) is 28.0 Å². The molecule has 9 heteroatoms. The summed E-state index contributed by atoms with van der Waals surface area (Å²) < 4.78 is 29.4. The topological polar surface area (TPSA) is 83.6 Å². The lowest BCUT2D eigenvalue weighted by Gasteiger charge is -2.29. The zero-order valence-corrected chi connectivity index (χ0v) is 18.5. The molecule has 0 bridgehead atoms. The van der Waals surface area contributed by atoms with Gasteiger partial charge in [-0.15, -0.1) is 0 Å². The summed E-state index contributed by atoms with van der Waals surface area (Å²) >= 11 is 5.91. The highest BCUT2D eigenvalue weighted by molar-refractivity contribution is 6.31. The van der Waals surface area contributed by atoms with Crippen molar-refractivity contribution in [2.24, 2.45) is 0 Å². The molecule has 4 rings (SSSR count). The van der Waals surface area contributed by atoms with Gasteiger partial charge in [0.15, 0.2) is 5.78 Å². The molecule has 33 heavy (non-hydrogen) atoms. The van der Waals surface area contributed by atoms with E-state index in [4.69, 9.17) is 11.6 Å². The first-order chi connectivity index (χ1) is 15.6. The van der Waals surface area contributed by atoms with Crippen molar-refractivity contribution in [3.8, 4) is 0 Å². The van der Waals surface area contributed by atoms with Gasteiger partial charge in [-0.05, 0) is 42.2 Å². The maximum atomic E-state index is 14.7. The predicted molar refractivity (Wildman–Crippen MR) is 116 cm³/mol. The Balaban J connectivity index is 1.45. The van der Waals surface area contributed by atoms with Crippen LogP contribution in [0, 0.1) is 6.92 Å². The highest BCUT2D eigenvalue weighted by Gasteiger charge is 2.42. The lowest BCUT2D eigenvalue weighted by molar-refractivity contribution is -0.147. The van der Waals surface area contributed by atoms with E-state index in [-0.39, 0.29) is 54.0 Å². The summed E-state index contributed by atoms with van der Waals surface area (Å²) in [5, 5.41) is 2.40. The third-order valence-electron chi connectivity index (χ3n) is 6.16. The SMILES string of the molecule is Cc1c(Cl)cccc1C(F)(F)C(=O)NCc1ccc2c(c1)CN(C1CCC(=O)CC1=O)C2=O. The summed E-state index contributed by atoms with van der Waals surface area (Å²) in [6.07, 6.45) is 0.398. The fourth-order valence-corrected chi connectivity index (χ4v) is 4.48. The standard InChI is InChI=1S/C24H21ClF2N2O4/c1-13-18(3-2-4-19(13)25)24(26,27)23(33)28-11-14-5-7-17-15(9-14)12-29(22(17)32)20-8-6-16(30)10-21(20)31/h2-5,7,9,20H,6,8,10-12H2,1H3,(H,28,33).